The number of rotatable bonds is 3. The van der Waals surface area contributed by atoms with Crippen LogP contribution < -0.4 is 0 Å². The summed E-state index contributed by atoms with van der Waals surface area (Å²) in [5.41, 5.74) is 0. The van der Waals surface area contributed by atoms with Gasteiger partial charge >= 0.3 is 5.97 Å². The third kappa shape index (κ3) is 1.77. The number of nitrogens with zero attached hydrogens (tertiary/aromatic N) is 2. The van der Waals surface area contributed by atoms with Crippen LogP contribution in [0.2, 0.25) is 0 Å². The second-order valence-corrected chi connectivity index (χ2v) is 3.45. The maximum atomic E-state index is 10.9. The van der Waals surface area contributed by atoms with E-state index in [4.69, 9.17) is 9.63 Å². The van der Waals surface area contributed by atoms with Crippen molar-refractivity contribution in [1.29, 1.82) is 0 Å². The first-order chi connectivity index (χ1) is 6.77. The van der Waals surface area contributed by atoms with Crippen LogP contribution in [0, 0.1) is 0 Å². The van der Waals surface area contributed by atoms with Gasteiger partial charge in [0.25, 0.3) is 0 Å². The number of aromatic nitrogens is 1. The van der Waals surface area contributed by atoms with Crippen molar-refractivity contribution in [2.24, 2.45) is 0 Å². The van der Waals surface area contributed by atoms with Crippen LogP contribution >= 0.6 is 0 Å². The third-order valence-electron chi connectivity index (χ3n) is 2.50. The lowest BCUT2D eigenvalue weighted by atomic mass is 10.2. The van der Waals surface area contributed by atoms with Gasteiger partial charge in [-0.25, -0.2) is 0 Å². The van der Waals surface area contributed by atoms with E-state index in [0.717, 1.165) is 25.1 Å². The Hall–Kier alpha value is -1.36. The third-order valence-corrected chi connectivity index (χ3v) is 2.50. The van der Waals surface area contributed by atoms with Gasteiger partial charge < -0.3 is 9.63 Å². The topological polar surface area (TPSA) is 66.6 Å². The summed E-state index contributed by atoms with van der Waals surface area (Å²) in [5, 5.41) is 12.5. The lowest BCUT2D eigenvalue weighted by Gasteiger charge is -2.18. The van der Waals surface area contributed by atoms with Crippen LogP contribution in [0.15, 0.2) is 16.8 Å². The Morgan fingerprint density at radius 2 is 2.64 bits per heavy atom. The molecular formula is C9H12N2O3. The van der Waals surface area contributed by atoms with E-state index in [9.17, 15) is 4.79 Å². The lowest BCUT2D eigenvalue weighted by Crippen LogP contribution is -2.35. The fraction of sp³-hybridized carbons (Fsp3) is 0.556. The summed E-state index contributed by atoms with van der Waals surface area (Å²) in [6.45, 7) is 1.36. The molecular weight excluding hydrogens is 184 g/mol. The number of likely N-dealkylation sites (tertiary alicyclic amines) is 1. The van der Waals surface area contributed by atoms with E-state index in [1.165, 1.54) is 0 Å². The van der Waals surface area contributed by atoms with E-state index in [0.29, 0.717) is 6.54 Å². The van der Waals surface area contributed by atoms with Gasteiger partial charge in [-0.2, -0.15) is 0 Å². The predicted octanol–water partition coefficient (Wildman–Crippen LogP) is 0.724. The predicted molar refractivity (Wildman–Crippen MR) is 47.6 cm³/mol. The van der Waals surface area contributed by atoms with E-state index < -0.39 is 5.97 Å². The Balaban J connectivity index is 2.00. The van der Waals surface area contributed by atoms with Gasteiger partial charge in [0.2, 0.25) is 0 Å². The molecule has 1 atom stereocenters. The minimum atomic E-state index is -0.748. The normalized spacial score (nSPS) is 22.7. The van der Waals surface area contributed by atoms with Crippen molar-refractivity contribution in [3.8, 4) is 0 Å². The molecule has 0 amide bonds. The molecule has 1 aromatic rings. The minimum absolute atomic E-state index is 0.361. The summed E-state index contributed by atoms with van der Waals surface area (Å²) in [4.78, 5) is 12.8. The highest BCUT2D eigenvalue weighted by Crippen LogP contribution is 2.19. The van der Waals surface area contributed by atoms with Crippen LogP contribution in [0.5, 0.6) is 0 Å². The van der Waals surface area contributed by atoms with Gasteiger partial charge in [-0.1, -0.05) is 5.16 Å². The van der Waals surface area contributed by atoms with Gasteiger partial charge in [0.1, 0.15) is 6.04 Å². The summed E-state index contributed by atoms with van der Waals surface area (Å²) in [6.07, 6.45) is 3.23. The highest BCUT2D eigenvalue weighted by Gasteiger charge is 2.30. The Bertz CT molecular complexity index is 310. The largest absolute Gasteiger partial charge is 0.480 e. The molecule has 0 aromatic carbocycles. The average Bonchev–Trinajstić information content (AvgIpc) is 2.75. The number of hydrogen-bond donors (Lipinski definition) is 1. The van der Waals surface area contributed by atoms with Crippen LogP contribution in [0.4, 0.5) is 0 Å². The first-order valence-electron chi connectivity index (χ1n) is 4.64. The Morgan fingerprint density at radius 1 is 1.79 bits per heavy atom. The molecule has 2 rings (SSSR count). The van der Waals surface area contributed by atoms with Crippen molar-refractivity contribution in [2.45, 2.75) is 25.4 Å². The fourth-order valence-electron chi connectivity index (χ4n) is 1.82. The van der Waals surface area contributed by atoms with Crippen molar-refractivity contribution in [3.05, 3.63) is 18.0 Å². The molecule has 0 spiro atoms. The molecule has 0 saturated carbocycles. The molecule has 5 nitrogen and oxygen atoms in total. The second kappa shape index (κ2) is 3.79. The minimum Gasteiger partial charge on any atom is -0.480 e. The molecule has 1 saturated heterocycles. The Kier molecular flexibility index (Phi) is 2.49. The van der Waals surface area contributed by atoms with Crippen molar-refractivity contribution in [1.82, 2.24) is 10.1 Å². The monoisotopic (exact) mass is 196 g/mol. The van der Waals surface area contributed by atoms with Gasteiger partial charge in [-0.05, 0) is 19.4 Å². The second-order valence-electron chi connectivity index (χ2n) is 3.45. The fourth-order valence-corrected chi connectivity index (χ4v) is 1.82. The van der Waals surface area contributed by atoms with Crippen LogP contribution in [-0.4, -0.2) is 33.7 Å². The van der Waals surface area contributed by atoms with E-state index in [-0.39, 0.29) is 6.04 Å². The van der Waals surface area contributed by atoms with E-state index in [1.807, 2.05) is 4.90 Å². The van der Waals surface area contributed by atoms with Gasteiger partial charge in [0.05, 0.1) is 12.7 Å². The molecule has 1 aromatic heterocycles. The molecule has 0 unspecified atom stereocenters. The SMILES string of the molecule is O=C(O)[C@@H]1CCCN1Cc1ccno1. The molecule has 5 heteroatoms. The van der Waals surface area contributed by atoms with Gasteiger partial charge in [-0.3, -0.25) is 9.69 Å². The molecule has 0 aliphatic carbocycles. The van der Waals surface area contributed by atoms with Crippen molar-refractivity contribution < 1.29 is 14.4 Å². The summed E-state index contributed by atoms with van der Waals surface area (Å²) < 4.78 is 4.94. The first kappa shape index (κ1) is 9.21. The van der Waals surface area contributed by atoms with Crippen LogP contribution in [0.25, 0.3) is 0 Å². The van der Waals surface area contributed by atoms with Crippen LogP contribution in [0.1, 0.15) is 18.6 Å². The number of hydrogen-bond acceptors (Lipinski definition) is 4. The molecule has 76 valence electrons. The molecule has 14 heavy (non-hydrogen) atoms. The van der Waals surface area contributed by atoms with Crippen molar-refractivity contribution in [3.63, 3.8) is 0 Å². The molecule has 1 aliphatic rings. The highest BCUT2D eigenvalue weighted by atomic mass is 16.5. The summed E-state index contributed by atoms with van der Waals surface area (Å²) >= 11 is 0. The smallest absolute Gasteiger partial charge is 0.320 e. The maximum Gasteiger partial charge on any atom is 0.320 e. The quantitative estimate of drug-likeness (QED) is 0.771. The molecule has 1 aliphatic heterocycles. The number of aliphatic carboxylic acids is 1. The molecule has 0 radical (unpaired) electrons. The zero-order valence-electron chi connectivity index (χ0n) is 7.72. The summed E-state index contributed by atoms with van der Waals surface area (Å²) in [6, 6.07) is 1.40. The summed E-state index contributed by atoms with van der Waals surface area (Å²) in [5.74, 6) is -0.0276. The van der Waals surface area contributed by atoms with Gasteiger partial charge in [0.15, 0.2) is 5.76 Å². The van der Waals surface area contributed by atoms with Crippen LogP contribution in [-0.2, 0) is 11.3 Å². The number of carboxylic acid groups (broad SMARTS) is 1. The van der Waals surface area contributed by atoms with E-state index in [2.05, 4.69) is 5.16 Å². The van der Waals surface area contributed by atoms with Crippen molar-refractivity contribution in [2.75, 3.05) is 6.54 Å². The lowest BCUT2D eigenvalue weighted by molar-refractivity contribution is -0.142. The molecule has 1 fully saturated rings. The van der Waals surface area contributed by atoms with Crippen molar-refractivity contribution >= 4 is 5.97 Å². The zero-order valence-corrected chi connectivity index (χ0v) is 7.72. The van der Waals surface area contributed by atoms with Crippen LogP contribution in [0.3, 0.4) is 0 Å². The maximum absolute atomic E-state index is 10.9. The zero-order chi connectivity index (χ0) is 9.97. The van der Waals surface area contributed by atoms with Gasteiger partial charge in [0, 0.05) is 6.07 Å². The summed E-state index contributed by atoms with van der Waals surface area (Å²) in [7, 11) is 0. The standard InChI is InChI=1S/C9H12N2O3/c12-9(13)8-2-1-5-11(8)6-7-3-4-10-14-7/h3-4,8H,1-2,5-6H2,(H,12,13)/t8-/m0/s1. The van der Waals surface area contributed by atoms with Gasteiger partial charge in [-0.15, -0.1) is 0 Å². The molecule has 1 N–H and O–H groups in total. The Labute approximate surface area is 81.3 Å². The van der Waals surface area contributed by atoms with E-state index in [1.54, 1.807) is 12.3 Å². The molecule has 2 heterocycles. The average molecular weight is 196 g/mol. The number of carboxylic acids is 1. The number of carbonyl (C=O) groups is 1. The van der Waals surface area contributed by atoms with E-state index >= 15 is 0 Å². The molecule has 0 bridgehead atoms. The first-order valence-corrected chi connectivity index (χ1v) is 4.64. The highest BCUT2D eigenvalue weighted by molar-refractivity contribution is 5.73. The Morgan fingerprint density at radius 3 is 3.29 bits per heavy atom.